The van der Waals surface area contributed by atoms with Gasteiger partial charge in [-0.2, -0.15) is 0 Å². The number of halogens is 1. The summed E-state index contributed by atoms with van der Waals surface area (Å²) in [6.07, 6.45) is 1.70. The molecule has 2 N–H and O–H groups in total. The lowest BCUT2D eigenvalue weighted by molar-refractivity contribution is 0.102. The molecule has 0 bridgehead atoms. The minimum Gasteiger partial charge on any atom is -0.322 e. The Morgan fingerprint density at radius 3 is 2.42 bits per heavy atom. The van der Waals surface area contributed by atoms with Crippen LogP contribution in [0.4, 0.5) is 5.69 Å². The van der Waals surface area contributed by atoms with Gasteiger partial charge in [0.05, 0.1) is 22.0 Å². The van der Waals surface area contributed by atoms with Crippen LogP contribution in [0.1, 0.15) is 29.8 Å². The van der Waals surface area contributed by atoms with Gasteiger partial charge < -0.3 is 9.88 Å². The van der Waals surface area contributed by atoms with Gasteiger partial charge in [0.15, 0.2) is 0 Å². The van der Waals surface area contributed by atoms with E-state index in [1.807, 2.05) is 0 Å². The van der Waals surface area contributed by atoms with E-state index >= 15 is 0 Å². The molecular weight excluding hydrogens is 438 g/mol. The standard InChI is InChI=1S/C22H22ClN3O4S/c1-15(2)25-31(29,30)18-10-11-20(23)19(13-18)22(28)24-17-8-6-16(7-9-17)14-26-12-4-3-5-21(26)27/h3-13,15,25H,14H2,1-2H3,(H,24,28). The highest BCUT2D eigenvalue weighted by molar-refractivity contribution is 7.89. The lowest BCUT2D eigenvalue weighted by Crippen LogP contribution is -2.30. The van der Waals surface area contributed by atoms with Crippen LogP contribution in [0.3, 0.4) is 0 Å². The van der Waals surface area contributed by atoms with Crippen LogP contribution < -0.4 is 15.6 Å². The van der Waals surface area contributed by atoms with Crippen molar-refractivity contribution in [3.05, 3.63) is 93.4 Å². The molecule has 0 fully saturated rings. The van der Waals surface area contributed by atoms with Gasteiger partial charge in [0.1, 0.15) is 0 Å². The maximum Gasteiger partial charge on any atom is 0.257 e. The molecule has 3 rings (SSSR count). The van der Waals surface area contributed by atoms with Crippen molar-refractivity contribution in [2.24, 2.45) is 0 Å². The van der Waals surface area contributed by atoms with Crippen LogP contribution in [0.25, 0.3) is 0 Å². The van der Waals surface area contributed by atoms with Crippen LogP contribution in [-0.2, 0) is 16.6 Å². The van der Waals surface area contributed by atoms with E-state index in [2.05, 4.69) is 10.0 Å². The number of anilines is 1. The fourth-order valence-electron chi connectivity index (χ4n) is 2.90. The molecule has 0 aliphatic heterocycles. The molecule has 0 saturated heterocycles. The molecule has 0 atom stereocenters. The number of nitrogens with zero attached hydrogens (tertiary/aromatic N) is 1. The van der Waals surface area contributed by atoms with Gasteiger partial charge in [0.25, 0.3) is 11.5 Å². The summed E-state index contributed by atoms with van der Waals surface area (Å²) in [6, 6.07) is 15.6. The molecule has 1 aromatic heterocycles. The van der Waals surface area contributed by atoms with E-state index in [-0.39, 0.29) is 27.1 Å². The molecular formula is C22H22ClN3O4S. The smallest absolute Gasteiger partial charge is 0.257 e. The minimum atomic E-state index is -3.76. The summed E-state index contributed by atoms with van der Waals surface area (Å²) in [5, 5.41) is 2.85. The van der Waals surface area contributed by atoms with E-state index in [0.29, 0.717) is 12.2 Å². The third-order valence-corrected chi connectivity index (χ3v) is 6.33. The van der Waals surface area contributed by atoms with Crippen LogP contribution >= 0.6 is 11.6 Å². The molecule has 1 amide bonds. The fraction of sp³-hybridized carbons (Fsp3) is 0.182. The van der Waals surface area contributed by atoms with Gasteiger partial charge >= 0.3 is 0 Å². The Bertz CT molecular complexity index is 1250. The van der Waals surface area contributed by atoms with Gasteiger partial charge in [-0.1, -0.05) is 29.8 Å². The number of hydrogen-bond acceptors (Lipinski definition) is 4. The van der Waals surface area contributed by atoms with Crippen LogP contribution in [0.15, 0.2) is 76.6 Å². The Labute approximate surface area is 185 Å². The molecule has 0 saturated carbocycles. The van der Waals surface area contributed by atoms with Gasteiger partial charge in [-0.25, -0.2) is 13.1 Å². The monoisotopic (exact) mass is 459 g/mol. The van der Waals surface area contributed by atoms with Gasteiger partial charge in [0, 0.05) is 24.0 Å². The van der Waals surface area contributed by atoms with E-state index in [1.54, 1.807) is 61.0 Å². The fourth-order valence-corrected chi connectivity index (χ4v) is 4.38. The normalized spacial score (nSPS) is 11.5. The summed E-state index contributed by atoms with van der Waals surface area (Å²) in [5.74, 6) is -0.529. The van der Waals surface area contributed by atoms with Crippen LogP contribution in [0, 0.1) is 0 Å². The Balaban J connectivity index is 1.76. The Hall–Kier alpha value is -2.94. The average molecular weight is 460 g/mol. The Morgan fingerprint density at radius 2 is 1.77 bits per heavy atom. The molecule has 2 aromatic carbocycles. The topological polar surface area (TPSA) is 97.3 Å². The second-order valence-electron chi connectivity index (χ2n) is 7.24. The first kappa shape index (κ1) is 22.7. The maximum atomic E-state index is 12.7. The number of hydrogen-bond donors (Lipinski definition) is 2. The van der Waals surface area contributed by atoms with Crippen molar-refractivity contribution < 1.29 is 13.2 Å². The van der Waals surface area contributed by atoms with Crippen molar-refractivity contribution in [2.45, 2.75) is 31.3 Å². The average Bonchev–Trinajstić information content (AvgIpc) is 2.70. The van der Waals surface area contributed by atoms with E-state index in [9.17, 15) is 18.0 Å². The number of aromatic nitrogens is 1. The first-order chi connectivity index (χ1) is 14.7. The van der Waals surface area contributed by atoms with E-state index in [1.165, 1.54) is 24.3 Å². The molecule has 9 heteroatoms. The Morgan fingerprint density at radius 1 is 1.06 bits per heavy atom. The molecule has 0 aliphatic rings. The lowest BCUT2D eigenvalue weighted by atomic mass is 10.1. The number of rotatable bonds is 7. The minimum absolute atomic E-state index is 0.0422. The van der Waals surface area contributed by atoms with E-state index in [4.69, 9.17) is 11.6 Å². The molecule has 0 spiro atoms. The molecule has 162 valence electrons. The second-order valence-corrected chi connectivity index (χ2v) is 9.36. The molecule has 0 aliphatic carbocycles. The highest BCUT2D eigenvalue weighted by Gasteiger charge is 2.19. The number of nitrogens with one attached hydrogen (secondary N) is 2. The highest BCUT2D eigenvalue weighted by Crippen LogP contribution is 2.22. The summed E-state index contributed by atoms with van der Waals surface area (Å²) in [4.78, 5) is 24.5. The maximum absolute atomic E-state index is 12.7. The van der Waals surface area contributed by atoms with Crippen LogP contribution in [0.5, 0.6) is 0 Å². The summed E-state index contributed by atoms with van der Waals surface area (Å²) in [5.41, 5.74) is 1.35. The number of carbonyl (C=O) groups is 1. The van der Waals surface area contributed by atoms with E-state index in [0.717, 1.165) is 5.56 Å². The van der Waals surface area contributed by atoms with Gasteiger partial charge in [0.2, 0.25) is 10.0 Å². The van der Waals surface area contributed by atoms with Gasteiger partial charge in [-0.15, -0.1) is 0 Å². The number of benzene rings is 2. The van der Waals surface area contributed by atoms with Crippen molar-refractivity contribution in [3.63, 3.8) is 0 Å². The predicted molar refractivity (Wildman–Crippen MR) is 121 cm³/mol. The molecule has 3 aromatic rings. The van der Waals surface area contributed by atoms with Crippen molar-refractivity contribution >= 4 is 33.2 Å². The quantitative estimate of drug-likeness (QED) is 0.565. The molecule has 1 heterocycles. The van der Waals surface area contributed by atoms with Crippen molar-refractivity contribution in [1.82, 2.24) is 9.29 Å². The van der Waals surface area contributed by atoms with E-state index < -0.39 is 15.9 Å². The molecule has 0 radical (unpaired) electrons. The van der Waals surface area contributed by atoms with Crippen molar-refractivity contribution in [2.75, 3.05) is 5.32 Å². The summed E-state index contributed by atoms with van der Waals surface area (Å²) < 4.78 is 28.8. The first-order valence-corrected chi connectivity index (χ1v) is 11.4. The van der Waals surface area contributed by atoms with Crippen LogP contribution in [0.2, 0.25) is 5.02 Å². The SMILES string of the molecule is CC(C)NS(=O)(=O)c1ccc(Cl)c(C(=O)Nc2ccc(Cn3ccccc3=O)cc2)c1. The largest absolute Gasteiger partial charge is 0.322 e. The third kappa shape index (κ3) is 5.81. The zero-order chi connectivity index (χ0) is 22.6. The summed E-state index contributed by atoms with van der Waals surface area (Å²) in [7, 11) is -3.76. The highest BCUT2D eigenvalue weighted by atomic mass is 35.5. The second kappa shape index (κ2) is 9.47. The zero-order valence-electron chi connectivity index (χ0n) is 17.0. The van der Waals surface area contributed by atoms with Gasteiger partial charge in [-0.05, 0) is 55.8 Å². The molecule has 7 nitrogen and oxygen atoms in total. The first-order valence-electron chi connectivity index (χ1n) is 9.53. The van der Waals surface area contributed by atoms with Gasteiger partial charge in [-0.3, -0.25) is 9.59 Å². The summed E-state index contributed by atoms with van der Waals surface area (Å²) >= 11 is 6.14. The number of amides is 1. The summed E-state index contributed by atoms with van der Waals surface area (Å²) in [6.45, 7) is 3.82. The number of pyridine rings is 1. The molecule has 31 heavy (non-hydrogen) atoms. The molecule has 0 unspecified atom stereocenters. The lowest BCUT2D eigenvalue weighted by Gasteiger charge is -2.12. The van der Waals surface area contributed by atoms with Crippen molar-refractivity contribution in [1.29, 1.82) is 0 Å². The number of sulfonamides is 1. The number of carbonyl (C=O) groups excluding carboxylic acids is 1. The van der Waals surface area contributed by atoms with Crippen molar-refractivity contribution in [3.8, 4) is 0 Å². The third-order valence-electron chi connectivity index (χ3n) is 4.35. The van der Waals surface area contributed by atoms with Crippen LogP contribution in [-0.4, -0.2) is 24.9 Å². The zero-order valence-corrected chi connectivity index (χ0v) is 18.6. The Kier molecular flexibility index (Phi) is 6.94. The predicted octanol–water partition coefficient (Wildman–Crippen LogP) is 3.49.